The van der Waals surface area contributed by atoms with Gasteiger partial charge >= 0.3 is 0 Å². The van der Waals surface area contributed by atoms with Crippen LogP contribution in [0, 0.1) is 12.8 Å². The molecule has 0 aromatic heterocycles. The lowest BCUT2D eigenvalue weighted by atomic mass is 9.98. The van der Waals surface area contributed by atoms with Crippen molar-refractivity contribution in [2.75, 3.05) is 18.0 Å². The van der Waals surface area contributed by atoms with Crippen LogP contribution in [0.4, 0.5) is 5.69 Å². The van der Waals surface area contributed by atoms with Crippen molar-refractivity contribution in [2.24, 2.45) is 5.92 Å². The summed E-state index contributed by atoms with van der Waals surface area (Å²) in [6, 6.07) is 17.0. The first kappa shape index (κ1) is 20.8. The average molecular weight is 397 g/mol. The Morgan fingerprint density at radius 3 is 2.25 bits per heavy atom. The van der Waals surface area contributed by atoms with Crippen LogP contribution in [-0.4, -0.2) is 24.2 Å². The first-order valence-electron chi connectivity index (χ1n) is 10.3. The topological polar surface area (TPSA) is 32.3 Å². The van der Waals surface area contributed by atoms with E-state index < -0.39 is 0 Å². The van der Waals surface area contributed by atoms with Crippen molar-refractivity contribution in [1.82, 2.24) is 5.32 Å². The molecule has 150 valence electrons. The van der Waals surface area contributed by atoms with Crippen LogP contribution in [0.25, 0.3) is 0 Å². The maximum atomic E-state index is 12.6. The fourth-order valence-electron chi connectivity index (χ4n) is 3.53. The van der Waals surface area contributed by atoms with Crippen molar-refractivity contribution in [3.8, 4) is 0 Å². The van der Waals surface area contributed by atoms with Crippen LogP contribution in [0.2, 0.25) is 0 Å². The van der Waals surface area contributed by atoms with Gasteiger partial charge in [-0.05, 0) is 69.4 Å². The fraction of sp³-hybridized carbons (Fsp3) is 0.458. The molecule has 0 saturated carbocycles. The molecule has 0 bridgehead atoms. The minimum Gasteiger partial charge on any atom is -0.372 e. The predicted octanol–water partition coefficient (Wildman–Crippen LogP) is 5.59. The summed E-state index contributed by atoms with van der Waals surface area (Å²) in [7, 11) is 0. The van der Waals surface area contributed by atoms with Gasteiger partial charge in [-0.3, -0.25) is 4.79 Å². The smallest absolute Gasteiger partial charge is 0.233 e. The van der Waals surface area contributed by atoms with E-state index in [1.807, 2.05) is 6.92 Å². The van der Waals surface area contributed by atoms with E-state index in [4.69, 9.17) is 0 Å². The number of amides is 1. The van der Waals surface area contributed by atoms with Gasteiger partial charge in [-0.1, -0.05) is 36.8 Å². The molecule has 0 aliphatic carbocycles. The van der Waals surface area contributed by atoms with Crippen molar-refractivity contribution in [3.63, 3.8) is 0 Å². The molecule has 1 aliphatic heterocycles. The maximum absolute atomic E-state index is 12.6. The molecule has 0 radical (unpaired) electrons. The lowest BCUT2D eigenvalue weighted by molar-refractivity contribution is -0.120. The Hall–Kier alpha value is -1.94. The zero-order chi connectivity index (χ0) is 20.1. The molecule has 2 aromatic carbocycles. The van der Waals surface area contributed by atoms with Crippen LogP contribution < -0.4 is 10.2 Å². The van der Waals surface area contributed by atoms with Crippen LogP contribution in [0.3, 0.4) is 0 Å². The van der Waals surface area contributed by atoms with E-state index in [0.29, 0.717) is 0 Å². The standard InChI is InChI=1S/C24H32N2OS/c1-17-5-11-23(12-6-17)28-20(4)24(27)25-19(3)21-7-9-22(10-8-21)26-15-13-18(2)14-16-26/h5-12,18-20H,13-16H2,1-4H3,(H,25,27)/t19-,20-/m1/s1. The quantitative estimate of drug-likeness (QED) is 0.646. The minimum absolute atomic E-state index is 0.00370. The predicted molar refractivity (Wildman–Crippen MR) is 120 cm³/mol. The van der Waals surface area contributed by atoms with Crippen LogP contribution in [0.5, 0.6) is 0 Å². The lowest BCUT2D eigenvalue weighted by Gasteiger charge is -2.32. The number of nitrogens with zero attached hydrogens (tertiary/aromatic N) is 1. The summed E-state index contributed by atoms with van der Waals surface area (Å²) in [5.41, 5.74) is 3.67. The molecule has 1 aliphatic rings. The van der Waals surface area contributed by atoms with Gasteiger partial charge in [-0.15, -0.1) is 11.8 Å². The molecule has 4 heteroatoms. The number of rotatable bonds is 6. The van der Waals surface area contributed by atoms with Gasteiger partial charge < -0.3 is 10.2 Å². The molecular formula is C24H32N2OS. The third-order valence-corrected chi connectivity index (χ3v) is 6.72. The molecule has 0 unspecified atom stereocenters. The van der Waals surface area contributed by atoms with Crippen LogP contribution in [-0.2, 0) is 4.79 Å². The SMILES string of the molecule is Cc1ccc(S[C@H](C)C(=O)N[C@H](C)c2ccc(N3CCC(C)CC3)cc2)cc1. The number of hydrogen-bond acceptors (Lipinski definition) is 3. The normalized spacial score (nSPS) is 17.2. The Kier molecular flexibility index (Phi) is 7.06. The Morgan fingerprint density at radius 1 is 1.04 bits per heavy atom. The zero-order valence-electron chi connectivity index (χ0n) is 17.4. The zero-order valence-corrected chi connectivity index (χ0v) is 18.3. The number of thioether (sulfide) groups is 1. The van der Waals surface area contributed by atoms with E-state index >= 15 is 0 Å². The molecule has 3 rings (SSSR count). The van der Waals surface area contributed by atoms with E-state index in [0.717, 1.165) is 29.5 Å². The number of aryl methyl sites for hydroxylation is 1. The third kappa shape index (κ3) is 5.54. The molecule has 2 atom stereocenters. The molecule has 0 spiro atoms. The Labute approximate surface area is 173 Å². The van der Waals surface area contributed by atoms with Gasteiger partial charge in [0, 0.05) is 23.7 Å². The molecule has 2 aromatic rings. The highest BCUT2D eigenvalue weighted by atomic mass is 32.2. The van der Waals surface area contributed by atoms with Gasteiger partial charge in [0.25, 0.3) is 0 Å². The molecule has 1 amide bonds. The first-order valence-corrected chi connectivity index (χ1v) is 11.2. The van der Waals surface area contributed by atoms with Crippen LogP contribution >= 0.6 is 11.8 Å². The lowest BCUT2D eigenvalue weighted by Crippen LogP contribution is -2.33. The fourth-order valence-corrected chi connectivity index (χ4v) is 4.41. The number of hydrogen-bond donors (Lipinski definition) is 1. The molecule has 1 heterocycles. The molecule has 1 saturated heterocycles. The molecule has 1 fully saturated rings. The summed E-state index contributed by atoms with van der Waals surface area (Å²) in [5.74, 6) is 0.915. The van der Waals surface area contributed by atoms with E-state index in [1.54, 1.807) is 11.8 Å². The van der Waals surface area contributed by atoms with Crippen LogP contribution in [0.1, 0.15) is 50.8 Å². The number of anilines is 1. The van der Waals surface area contributed by atoms with Gasteiger partial charge in [0.05, 0.1) is 11.3 Å². The number of carbonyl (C=O) groups excluding carboxylic acids is 1. The van der Waals surface area contributed by atoms with Crippen LogP contribution in [0.15, 0.2) is 53.4 Å². The Bertz CT molecular complexity index is 764. The first-order chi connectivity index (χ1) is 13.4. The van der Waals surface area contributed by atoms with E-state index in [-0.39, 0.29) is 17.2 Å². The summed E-state index contributed by atoms with van der Waals surface area (Å²) in [6.45, 7) is 10.7. The number of carbonyl (C=O) groups is 1. The van der Waals surface area contributed by atoms with E-state index in [2.05, 4.69) is 79.5 Å². The Balaban J connectivity index is 1.53. The van der Waals surface area contributed by atoms with Crippen molar-refractivity contribution >= 4 is 23.4 Å². The third-order valence-electron chi connectivity index (χ3n) is 5.60. The number of piperidine rings is 1. The van der Waals surface area contributed by atoms with Crippen molar-refractivity contribution in [1.29, 1.82) is 0 Å². The molecule has 1 N–H and O–H groups in total. The summed E-state index contributed by atoms with van der Waals surface area (Å²) in [6.07, 6.45) is 2.54. The summed E-state index contributed by atoms with van der Waals surface area (Å²) < 4.78 is 0. The van der Waals surface area contributed by atoms with E-state index in [1.165, 1.54) is 24.1 Å². The Morgan fingerprint density at radius 2 is 1.64 bits per heavy atom. The summed E-state index contributed by atoms with van der Waals surface area (Å²) in [5, 5.41) is 3.03. The summed E-state index contributed by atoms with van der Waals surface area (Å²) >= 11 is 1.60. The molecule has 3 nitrogen and oxygen atoms in total. The second-order valence-electron chi connectivity index (χ2n) is 8.06. The number of benzene rings is 2. The highest BCUT2D eigenvalue weighted by Gasteiger charge is 2.19. The largest absolute Gasteiger partial charge is 0.372 e. The van der Waals surface area contributed by atoms with Gasteiger partial charge in [-0.2, -0.15) is 0 Å². The second-order valence-corrected chi connectivity index (χ2v) is 9.48. The second kappa shape index (κ2) is 9.51. The molecular weight excluding hydrogens is 364 g/mol. The number of nitrogens with one attached hydrogen (secondary N) is 1. The van der Waals surface area contributed by atoms with Crippen molar-refractivity contribution in [3.05, 3.63) is 59.7 Å². The van der Waals surface area contributed by atoms with Gasteiger partial charge in [0.1, 0.15) is 0 Å². The highest BCUT2D eigenvalue weighted by molar-refractivity contribution is 8.00. The van der Waals surface area contributed by atoms with Gasteiger partial charge in [0.15, 0.2) is 0 Å². The van der Waals surface area contributed by atoms with Crippen molar-refractivity contribution < 1.29 is 4.79 Å². The van der Waals surface area contributed by atoms with Gasteiger partial charge in [0.2, 0.25) is 5.91 Å². The molecule has 28 heavy (non-hydrogen) atoms. The summed E-state index contributed by atoms with van der Waals surface area (Å²) in [4.78, 5) is 16.2. The monoisotopic (exact) mass is 396 g/mol. The van der Waals surface area contributed by atoms with Crippen molar-refractivity contribution in [2.45, 2.75) is 56.7 Å². The van der Waals surface area contributed by atoms with Gasteiger partial charge in [-0.25, -0.2) is 0 Å². The maximum Gasteiger partial charge on any atom is 0.233 e. The highest BCUT2D eigenvalue weighted by Crippen LogP contribution is 2.26. The van der Waals surface area contributed by atoms with E-state index in [9.17, 15) is 4.79 Å². The minimum atomic E-state index is -0.125. The average Bonchev–Trinajstić information content (AvgIpc) is 2.70.